The van der Waals surface area contributed by atoms with Crippen molar-refractivity contribution in [3.63, 3.8) is 0 Å². The first-order valence-corrected chi connectivity index (χ1v) is 23.4. The normalized spacial score (nSPS) is 36.4. The monoisotopic (exact) mass is 1010 g/mol. The molecule has 8 rings (SSSR count). The second-order valence-corrected chi connectivity index (χ2v) is 19.3. The predicted molar refractivity (Wildman–Crippen MR) is 240 cm³/mol. The minimum atomic E-state index is -2.45. The van der Waals surface area contributed by atoms with Gasteiger partial charge in [0.1, 0.15) is 37.7 Å². The van der Waals surface area contributed by atoms with Crippen LogP contribution in [-0.2, 0) is 68.5 Å². The topological polar surface area (TPSA) is 255 Å². The molecule has 390 valence electrons. The average Bonchev–Trinajstić information content (AvgIpc) is 3.83. The van der Waals surface area contributed by atoms with Gasteiger partial charge in [0.15, 0.2) is 53.5 Å². The number of amides is 1. The fourth-order valence-corrected chi connectivity index (χ4v) is 11.9. The molecule has 0 bridgehead atoms. The molecule has 0 radical (unpaired) electrons. The van der Waals surface area contributed by atoms with Crippen molar-refractivity contribution in [2.24, 2.45) is 22.7 Å². The molecule has 0 spiro atoms. The Bertz CT molecular complexity index is 2560. The molecule has 3 saturated carbocycles. The number of halogens is 3. The lowest BCUT2D eigenvalue weighted by Crippen LogP contribution is -2.70. The summed E-state index contributed by atoms with van der Waals surface area (Å²) in [5, 5.41) is 23.1. The summed E-state index contributed by atoms with van der Waals surface area (Å²) in [7, 11) is 1.04. The highest BCUT2D eigenvalue weighted by atomic mass is 19.1. The number of benzene rings is 2. The summed E-state index contributed by atoms with van der Waals surface area (Å²) in [5.41, 5.74) is -0.660. The summed E-state index contributed by atoms with van der Waals surface area (Å²) in [6, 6.07) is 9.63. The quantitative estimate of drug-likeness (QED) is 0.104. The van der Waals surface area contributed by atoms with Crippen LogP contribution in [0.1, 0.15) is 71.3 Å². The number of aliphatic hydroxyl groups excluding tert-OH is 2. The van der Waals surface area contributed by atoms with Gasteiger partial charge in [0.2, 0.25) is 6.29 Å². The molecule has 2 saturated heterocycles. The predicted octanol–water partition coefficient (Wildman–Crippen LogP) is 4.19. The Morgan fingerprint density at radius 3 is 2.36 bits per heavy atom. The lowest BCUT2D eigenvalue weighted by atomic mass is 9.44. The van der Waals surface area contributed by atoms with E-state index in [1.807, 2.05) is 0 Å². The number of carbonyl (C=O) groups is 6. The molecule has 4 aliphatic carbocycles. The van der Waals surface area contributed by atoms with Crippen molar-refractivity contribution in [2.45, 2.75) is 127 Å². The Morgan fingerprint density at radius 2 is 1.69 bits per heavy atom. The molecule has 4 N–H and O–H groups in total. The summed E-state index contributed by atoms with van der Waals surface area (Å²) in [5.74, 6) is -6.54. The number of rotatable bonds is 14. The molecule has 1 amide bonds. The first kappa shape index (κ1) is 52.4. The molecule has 6 aliphatic rings. The second kappa shape index (κ2) is 19.8. The van der Waals surface area contributed by atoms with Gasteiger partial charge >= 0.3 is 24.0 Å². The van der Waals surface area contributed by atoms with E-state index < -0.39 is 144 Å². The Labute approximate surface area is 411 Å². The molecule has 2 heterocycles. The number of hydrogen-bond donors (Lipinski definition) is 3. The highest BCUT2D eigenvalue weighted by Crippen LogP contribution is 2.72. The Hall–Kier alpha value is -5.91. The van der Waals surface area contributed by atoms with Gasteiger partial charge in [-0.15, -0.1) is 0 Å². The summed E-state index contributed by atoms with van der Waals surface area (Å²) in [6.07, 6.45) is -12.2. The van der Waals surface area contributed by atoms with E-state index in [0.717, 1.165) is 31.9 Å². The SMILES string of the molecule is CCN(COCC(=O)[C@@]12O[C@H](c3cccc(F)c3)O[C@@H]1CC1[C@@H]3C[C@H](F)C4=CC(=O)C=C[C@]4(C)[C@@]3(F)[C@@H](O)C[C@@]12C)C(=O)OCc1ccc(O[C@@H]2O[C@H](C(=O)OC)[C@@H](OC(C)=O)[C@H](OC(C)=O)[C@H]2O)c(N)c1. The molecule has 19 nitrogen and oxygen atoms in total. The first-order valence-electron chi connectivity index (χ1n) is 23.4. The second-order valence-electron chi connectivity index (χ2n) is 19.3. The zero-order valence-electron chi connectivity index (χ0n) is 40.3. The number of alkyl halides is 2. The van der Waals surface area contributed by atoms with E-state index in [9.17, 15) is 43.4 Å². The Morgan fingerprint density at radius 1 is 0.972 bits per heavy atom. The smallest absolute Gasteiger partial charge is 0.411 e. The number of carbonyl (C=O) groups excluding carboxylic acids is 6. The van der Waals surface area contributed by atoms with Gasteiger partial charge in [-0.2, -0.15) is 0 Å². The molecule has 5 fully saturated rings. The number of nitrogens with zero attached hydrogens (tertiary/aromatic N) is 1. The van der Waals surface area contributed by atoms with Crippen LogP contribution in [-0.4, -0.2) is 138 Å². The van der Waals surface area contributed by atoms with Crippen molar-refractivity contribution in [2.75, 3.05) is 32.7 Å². The van der Waals surface area contributed by atoms with Crippen molar-refractivity contribution in [1.29, 1.82) is 0 Å². The lowest BCUT2D eigenvalue weighted by Gasteiger charge is -2.63. The van der Waals surface area contributed by atoms with E-state index >= 15 is 8.78 Å². The van der Waals surface area contributed by atoms with Gasteiger partial charge in [-0.25, -0.2) is 22.8 Å². The number of esters is 3. The molecular weight excluding hydrogens is 958 g/mol. The third kappa shape index (κ3) is 8.82. The number of nitrogens with two attached hydrogens (primary N) is 1. The third-order valence-corrected chi connectivity index (χ3v) is 15.3. The van der Waals surface area contributed by atoms with Gasteiger partial charge in [-0.1, -0.05) is 31.2 Å². The van der Waals surface area contributed by atoms with Gasteiger partial charge in [-0.3, -0.25) is 24.1 Å². The molecule has 22 heteroatoms. The van der Waals surface area contributed by atoms with Crippen molar-refractivity contribution < 1.29 is 94.8 Å². The van der Waals surface area contributed by atoms with Gasteiger partial charge in [0.05, 0.1) is 25.0 Å². The molecule has 15 atom stereocenters. The lowest BCUT2D eigenvalue weighted by molar-refractivity contribution is -0.278. The zero-order chi connectivity index (χ0) is 52.2. The molecule has 2 aromatic rings. The summed E-state index contributed by atoms with van der Waals surface area (Å²) >= 11 is 0. The number of Topliss-reactive ketones (excluding diaryl/α,β-unsaturated/α-hetero) is 1. The van der Waals surface area contributed by atoms with Crippen LogP contribution < -0.4 is 10.5 Å². The van der Waals surface area contributed by atoms with Crippen molar-refractivity contribution >= 4 is 41.3 Å². The van der Waals surface area contributed by atoms with Gasteiger partial charge < -0.3 is 58.6 Å². The van der Waals surface area contributed by atoms with Gasteiger partial charge in [0.25, 0.3) is 0 Å². The molecule has 2 aromatic carbocycles. The van der Waals surface area contributed by atoms with Crippen LogP contribution in [0.15, 0.2) is 66.3 Å². The average molecular weight is 1010 g/mol. The Kier molecular flexibility index (Phi) is 14.4. The van der Waals surface area contributed by atoms with Crippen LogP contribution >= 0.6 is 0 Å². The van der Waals surface area contributed by atoms with E-state index in [2.05, 4.69) is 0 Å². The number of ketones is 2. The molecule has 72 heavy (non-hydrogen) atoms. The molecule has 2 aliphatic heterocycles. The standard InChI is InChI=1S/C50H57F3N2O17/c1-7-55(46(63)66-21-26-11-12-35(34(54)15-26)69-45-39(61)40(67-24(2)56)41(68-25(3)57)42(71-45)43(62)64-6)23-65-22-37(60)50-38(70-44(72-50)27-9-8-10-28(51)16-27)19-30-31-18-33(52)32-17-29(58)13-14-47(32,4)49(31,53)36(59)20-48(30,50)5/h8-17,30-31,33,36,38-42,44-45,59,61H,7,18-23,54H2,1-6H3/t30?,31-,33-,36-,38+,39+,40+,41-,42-,44+,45+,47-,48-,49-,50+/m0/s1. The first-order chi connectivity index (χ1) is 34.0. The van der Waals surface area contributed by atoms with Crippen LogP contribution in [0.3, 0.4) is 0 Å². The van der Waals surface area contributed by atoms with E-state index in [4.69, 9.17) is 48.4 Å². The number of methoxy groups -OCH3 is 1. The van der Waals surface area contributed by atoms with Crippen LogP contribution in [0.5, 0.6) is 5.75 Å². The highest BCUT2D eigenvalue weighted by Gasteiger charge is 2.80. The number of anilines is 1. The van der Waals surface area contributed by atoms with Crippen LogP contribution in [0.2, 0.25) is 0 Å². The van der Waals surface area contributed by atoms with Crippen LogP contribution in [0.4, 0.5) is 23.7 Å². The molecule has 0 aromatic heterocycles. The number of ether oxygens (including phenoxy) is 9. The van der Waals surface area contributed by atoms with E-state index in [1.165, 1.54) is 55.5 Å². The fraction of sp³-hybridized carbons (Fsp3) is 0.560. The number of nitrogen functional groups attached to an aromatic ring is 1. The third-order valence-electron chi connectivity index (χ3n) is 15.3. The summed E-state index contributed by atoms with van der Waals surface area (Å²) in [4.78, 5) is 78.2. The number of fused-ring (bicyclic) bond motifs is 7. The summed E-state index contributed by atoms with van der Waals surface area (Å²) in [6.45, 7) is 5.44. The number of allylic oxidation sites excluding steroid dienone is 4. The minimum absolute atomic E-state index is 0.00737. The molecular formula is C50H57F3N2O17. The summed E-state index contributed by atoms with van der Waals surface area (Å²) < 4.78 is 99.7. The maximum Gasteiger partial charge on any atom is 0.411 e. The van der Waals surface area contributed by atoms with Crippen molar-refractivity contribution in [1.82, 2.24) is 4.90 Å². The van der Waals surface area contributed by atoms with Gasteiger partial charge in [0, 0.05) is 42.7 Å². The highest BCUT2D eigenvalue weighted by molar-refractivity contribution is 6.01. The van der Waals surface area contributed by atoms with Gasteiger partial charge in [-0.05, 0) is 86.6 Å². The fourth-order valence-electron chi connectivity index (χ4n) is 11.9. The van der Waals surface area contributed by atoms with Crippen molar-refractivity contribution in [3.8, 4) is 5.75 Å². The zero-order valence-corrected chi connectivity index (χ0v) is 40.3. The largest absolute Gasteiger partial charge is 0.467 e. The van der Waals surface area contributed by atoms with E-state index in [0.29, 0.717) is 5.56 Å². The van der Waals surface area contributed by atoms with E-state index in [-0.39, 0.29) is 55.0 Å². The number of aliphatic hydroxyl groups is 2. The van der Waals surface area contributed by atoms with E-state index in [1.54, 1.807) is 19.9 Å². The van der Waals surface area contributed by atoms with Crippen LogP contribution in [0, 0.1) is 28.5 Å². The Balaban J connectivity index is 0.943. The maximum absolute atomic E-state index is 18.0. The number of hydrogen-bond acceptors (Lipinski definition) is 18. The van der Waals surface area contributed by atoms with Crippen molar-refractivity contribution in [3.05, 3.63) is 83.2 Å². The minimum Gasteiger partial charge on any atom is -0.467 e. The maximum atomic E-state index is 18.0. The molecule has 1 unspecified atom stereocenters. The van der Waals surface area contributed by atoms with Crippen LogP contribution in [0.25, 0.3) is 0 Å².